The van der Waals surface area contributed by atoms with Gasteiger partial charge in [0.15, 0.2) is 5.13 Å². The van der Waals surface area contributed by atoms with Crippen molar-refractivity contribution in [2.24, 2.45) is 0 Å². The average molecular weight is 457 g/mol. The highest BCUT2D eigenvalue weighted by molar-refractivity contribution is 7.28. The number of hydrogen-bond acceptors (Lipinski definition) is 3. The van der Waals surface area contributed by atoms with E-state index in [0.29, 0.717) is 0 Å². The van der Waals surface area contributed by atoms with Gasteiger partial charge in [0.1, 0.15) is 0 Å². The number of thiophene rings is 1. The summed E-state index contributed by atoms with van der Waals surface area (Å²) in [7, 11) is 0. The van der Waals surface area contributed by atoms with Crippen LogP contribution in [0.2, 0.25) is 0 Å². The highest BCUT2D eigenvalue weighted by Crippen LogP contribution is 2.43. The Hall–Kier alpha value is -3.73. The quantitative estimate of drug-likeness (QED) is 0.241. The number of hydrogen-bond donors (Lipinski definition) is 0. The third kappa shape index (κ3) is 2.39. The van der Waals surface area contributed by atoms with E-state index in [-0.39, 0.29) is 0 Å². The van der Waals surface area contributed by atoms with Crippen molar-refractivity contribution >= 4 is 85.6 Å². The molecule has 0 aliphatic carbocycles. The van der Waals surface area contributed by atoms with E-state index in [9.17, 15) is 0 Å². The molecule has 154 valence electrons. The van der Waals surface area contributed by atoms with Crippen molar-refractivity contribution < 1.29 is 0 Å². The topological polar surface area (TPSA) is 17.8 Å². The SMILES string of the molecule is c1ccc2cc3c(cc2c1)c1ccccc1n3-c1nc2ccc3sc4ccccc4c3c2s1. The molecule has 0 bridgehead atoms. The Balaban J connectivity index is 1.52. The van der Waals surface area contributed by atoms with Gasteiger partial charge in [0.05, 0.1) is 21.3 Å². The normalized spacial score (nSPS) is 12.2. The van der Waals surface area contributed by atoms with E-state index in [1.165, 1.54) is 57.5 Å². The fourth-order valence-electron chi connectivity index (χ4n) is 5.14. The lowest BCUT2D eigenvalue weighted by molar-refractivity contribution is 1.15. The lowest BCUT2D eigenvalue weighted by Crippen LogP contribution is -1.92. The maximum atomic E-state index is 5.16. The van der Waals surface area contributed by atoms with Gasteiger partial charge in [-0.1, -0.05) is 72.0 Å². The van der Waals surface area contributed by atoms with Crippen LogP contribution in [0.4, 0.5) is 0 Å². The summed E-state index contributed by atoms with van der Waals surface area (Å²) in [5, 5.41) is 8.74. The largest absolute Gasteiger partial charge is 0.285 e. The lowest BCUT2D eigenvalue weighted by atomic mass is 10.1. The number of nitrogens with zero attached hydrogens (tertiary/aromatic N) is 2. The maximum absolute atomic E-state index is 5.16. The zero-order valence-corrected chi connectivity index (χ0v) is 19.1. The predicted octanol–water partition coefficient (Wildman–Crippen LogP) is 8.91. The molecule has 0 N–H and O–H groups in total. The fourth-order valence-corrected chi connectivity index (χ4v) is 7.47. The summed E-state index contributed by atoms with van der Waals surface area (Å²) in [4.78, 5) is 5.16. The average Bonchev–Trinajstić information content (AvgIpc) is 3.53. The molecule has 3 heterocycles. The van der Waals surface area contributed by atoms with E-state index in [1.807, 2.05) is 11.3 Å². The molecule has 5 aromatic carbocycles. The first-order chi connectivity index (χ1) is 16.3. The summed E-state index contributed by atoms with van der Waals surface area (Å²) in [6.07, 6.45) is 0. The molecular weight excluding hydrogens is 440 g/mol. The molecule has 0 saturated heterocycles. The molecule has 8 aromatic rings. The fraction of sp³-hybridized carbons (Fsp3) is 0. The second kappa shape index (κ2) is 6.41. The van der Waals surface area contributed by atoms with E-state index in [4.69, 9.17) is 4.98 Å². The van der Waals surface area contributed by atoms with E-state index in [2.05, 4.69) is 102 Å². The number of rotatable bonds is 1. The molecular formula is C29H16N2S2. The Morgan fingerprint density at radius 1 is 0.576 bits per heavy atom. The minimum atomic E-state index is 1.02. The van der Waals surface area contributed by atoms with Crippen LogP contribution in [0.3, 0.4) is 0 Å². The second-order valence-corrected chi connectivity index (χ2v) is 10.5. The second-order valence-electron chi connectivity index (χ2n) is 8.45. The van der Waals surface area contributed by atoms with Gasteiger partial charge in [-0.05, 0) is 47.2 Å². The summed E-state index contributed by atoms with van der Waals surface area (Å²) in [5.74, 6) is 0. The molecule has 3 aromatic heterocycles. The van der Waals surface area contributed by atoms with Crippen LogP contribution in [0, 0.1) is 0 Å². The molecule has 0 unspecified atom stereocenters. The van der Waals surface area contributed by atoms with E-state index >= 15 is 0 Å². The van der Waals surface area contributed by atoms with E-state index in [0.717, 1.165) is 10.6 Å². The Morgan fingerprint density at radius 3 is 2.24 bits per heavy atom. The van der Waals surface area contributed by atoms with Gasteiger partial charge in [0.2, 0.25) is 0 Å². The van der Waals surface area contributed by atoms with Crippen molar-refractivity contribution in [2.75, 3.05) is 0 Å². The standard InChI is InChI=1S/C29H16N2S2/c1-2-8-18-16-24-21(15-17(18)7-1)19-9-3-5-11-23(19)31(24)29-30-22-13-14-26-27(28(22)33-29)20-10-4-6-12-25(20)32-26/h1-16H. The molecule has 33 heavy (non-hydrogen) atoms. The molecule has 0 fully saturated rings. The predicted molar refractivity (Wildman–Crippen MR) is 144 cm³/mol. The molecule has 0 aliphatic rings. The molecule has 0 spiro atoms. The number of para-hydroxylation sites is 1. The first-order valence-corrected chi connectivity index (χ1v) is 12.6. The van der Waals surface area contributed by atoms with Crippen LogP contribution in [-0.2, 0) is 0 Å². The van der Waals surface area contributed by atoms with Crippen LogP contribution in [0.1, 0.15) is 0 Å². The summed E-state index contributed by atoms with van der Waals surface area (Å²) < 4.78 is 6.28. The molecule has 4 heteroatoms. The van der Waals surface area contributed by atoms with Crippen LogP contribution in [0.15, 0.2) is 97.1 Å². The highest BCUT2D eigenvalue weighted by atomic mass is 32.1. The first-order valence-electron chi connectivity index (χ1n) is 11.0. The monoisotopic (exact) mass is 456 g/mol. The summed E-state index contributed by atoms with van der Waals surface area (Å²) in [6, 6.07) is 35.0. The van der Waals surface area contributed by atoms with Gasteiger partial charge in [-0.25, -0.2) is 4.98 Å². The minimum absolute atomic E-state index is 1.02. The van der Waals surface area contributed by atoms with Crippen molar-refractivity contribution in [3.8, 4) is 5.13 Å². The van der Waals surface area contributed by atoms with Crippen molar-refractivity contribution in [1.82, 2.24) is 9.55 Å². The van der Waals surface area contributed by atoms with Gasteiger partial charge in [-0.3, -0.25) is 4.57 Å². The molecule has 2 nitrogen and oxygen atoms in total. The van der Waals surface area contributed by atoms with Gasteiger partial charge < -0.3 is 0 Å². The third-order valence-corrected chi connectivity index (χ3v) is 8.83. The van der Waals surface area contributed by atoms with Gasteiger partial charge >= 0.3 is 0 Å². The molecule has 0 aliphatic heterocycles. The highest BCUT2D eigenvalue weighted by Gasteiger charge is 2.18. The van der Waals surface area contributed by atoms with E-state index in [1.54, 1.807) is 11.3 Å². The van der Waals surface area contributed by atoms with Gasteiger partial charge in [-0.2, -0.15) is 0 Å². The molecule has 8 rings (SSSR count). The van der Waals surface area contributed by atoms with Crippen LogP contribution in [0.5, 0.6) is 0 Å². The van der Waals surface area contributed by atoms with Gasteiger partial charge in [-0.15, -0.1) is 11.3 Å². The number of aromatic nitrogens is 2. The molecule has 0 amide bonds. The Bertz CT molecular complexity index is 2040. The Labute approximate surface area is 196 Å². The van der Waals surface area contributed by atoms with Crippen molar-refractivity contribution in [2.45, 2.75) is 0 Å². The number of thiazole rings is 1. The molecule has 0 saturated carbocycles. The number of benzene rings is 5. The van der Waals surface area contributed by atoms with Crippen LogP contribution < -0.4 is 0 Å². The molecule has 0 radical (unpaired) electrons. The van der Waals surface area contributed by atoms with Crippen LogP contribution >= 0.6 is 22.7 Å². The third-order valence-electron chi connectivity index (χ3n) is 6.62. The van der Waals surface area contributed by atoms with Gasteiger partial charge in [0, 0.05) is 30.9 Å². The minimum Gasteiger partial charge on any atom is -0.285 e. The van der Waals surface area contributed by atoms with Crippen LogP contribution in [0.25, 0.3) is 68.1 Å². The Morgan fingerprint density at radius 2 is 1.33 bits per heavy atom. The lowest BCUT2D eigenvalue weighted by Gasteiger charge is -2.04. The van der Waals surface area contributed by atoms with Crippen LogP contribution in [-0.4, -0.2) is 9.55 Å². The summed E-state index contributed by atoms with van der Waals surface area (Å²) in [6.45, 7) is 0. The smallest absolute Gasteiger partial charge is 0.195 e. The first kappa shape index (κ1) is 17.8. The van der Waals surface area contributed by atoms with E-state index < -0.39 is 0 Å². The Kier molecular flexibility index (Phi) is 3.45. The molecule has 0 atom stereocenters. The van der Waals surface area contributed by atoms with Crippen molar-refractivity contribution in [3.05, 3.63) is 97.1 Å². The maximum Gasteiger partial charge on any atom is 0.195 e. The zero-order chi connectivity index (χ0) is 21.5. The zero-order valence-electron chi connectivity index (χ0n) is 17.4. The van der Waals surface area contributed by atoms with Gasteiger partial charge in [0.25, 0.3) is 0 Å². The van der Waals surface area contributed by atoms with Crippen molar-refractivity contribution in [1.29, 1.82) is 0 Å². The van der Waals surface area contributed by atoms with Crippen molar-refractivity contribution in [3.63, 3.8) is 0 Å². The summed E-state index contributed by atoms with van der Waals surface area (Å²) >= 11 is 3.66. The number of fused-ring (bicyclic) bond motifs is 9. The summed E-state index contributed by atoms with van der Waals surface area (Å²) in [5.41, 5.74) is 3.48.